The third-order valence-corrected chi connectivity index (χ3v) is 4.28. The van der Waals surface area contributed by atoms with E-state index in [0.29, 0.717) is 29.9 Å². The summed E-state index contributed by atoms with van der Waals surface area (Å²) in [5, 5.41) is 3.86. The Kier molecular flexibility index (Phi) is 5.66. The van der Waals surface area contributed by atoms with Crippen molar-refractivity contribution in [1.82, 2.24) is 5.32 Å². The van der Waals surface area contributed by atoms with Crippen molar-refractivity contribution >= 4 is 17.6 Å². The Morgan fingerprint density at radius 2 is 2.08 bits per heavy atom. The molecule has 0 amide bonds. The van der Waals surface area contributed by atoms with Crippen LogP contribution < -0.4 is 20.5 Å². The van der Waals surface area contributed by atoms with Crippen LogP contribution in [0.3, 0.4) is 0 Å². The van der Waals surface area contributed by atoms with Crippen molar-refractivity contribution in [2.45, 2.75) is 25.5 Å². The molecule has 0 bridgehead atoms. The Labute approximate surface area is 152 Å². The van der Waals surface area contributed by atoms with Crippen LogP contribution in [0.1, 0.15) is 24.9 Å². The van der Waals surface area contributed by atoms with Crippen LogP contribution in [-0.4, -0.2) is 25.2 Å². The maximum Gasteiger partial charge on any atom is 0.189 e. The minimum absolute atomic E-state index is 0.105. The molecule has 0 spiro atoms. The highest BCUT2D eigenvalue weighted by molar-refractivity contribution is 6.32. The number of nitrogens with zero attached hydrogens (tertiary/aromatic N) is 1. The van der Waals surface area contributed by atoms with E-state index >= 15 is 0 Å². The summed E-state index contributed by atoms with van der Waals surface area (Å²) in [5.74, 6) is 1.95. The number of aliphatic imine (C=N–C) groups is 1. The molecule has 1 aliphatic heterocycles. The van der Waals surface area contributed by atoms with Crippen LogP contribution >= 0.6 is 11.6 Å². The molecular formula is C19H22ClN3O2. The Morgan fingerprint density at radius 1 is 1.32 bits per heavy atom. The zero-order chi connectivity index (χ0) is 17.6. The van der Waals surface area contributed by atoms with Gasteiger partial charge in [0.15, 0.2) is 5.96 Å². The normalized spacial score (nSPS) is 18.0. The lowest BCUT2D eigenvalue weighted by molar-refractivity contribution is 0.230. The summed E-state index contributed by atoms with van der Waals surface area (Å²) in [6.45, 7) is 3.03. The molecular weight excluding hydrogens is 338 g/mol. The first-order valence-electron chi connectivity index (χ1n) is 8.33. The van der Waals surface area contributed by atoms with Crippen LogP contribution in [0.4, 0.5) is 0 Å². The van der Waals surface area contributed by atoms with Gasteiger partial charge in [0.25, 0.3) is 0 Å². The van der Waals surface area contributed by atoms with Gasteiger partial charge < -0.3 is 20.5 Å². The summed E-state index contributed by atoms with van der Waals surface area (Å²) in [4.78, 5) is 4.39. The lowest BCUT2D eigenvalue weighted by Gasteiger charge is -2.27. The van der Waals surface area contributed by atoms with Gasteiger partial charge in [0.05, 0.1) is 24.2 Å². The van der Waals surface area contributed by atoms with E-state index in [1.807, 2.05) is 49.4 Å². The van der Waals surface area contributed by atoms with Gasteiger partial charge in [0, 0.05) is 12.0 Å². The number of fused-ring (bicyclic) bond motifs is 1. The SMILES string of the molecule is CC(CN=C(N)NC1CCOc2ccccc21)Oc1ccccc1Cl. The van der Waals surface area contributed by atoms with Gasteiger partial charge in [-0.05, 0) is 25.1 Å². The number of hydrogen-bond acceptors (Lipinski definition) is 3. The number of para-hydroxylation sites is 2. The molecule has 1 heterocycles. The number of halogens is 1. The van der Waals surface area contributed by atoms with Gasteiger partial charge >= 0.3 is 0 Å². The average molecular weight is 360 g/mol. The predicted octanol–water partition coefficient (Wildman–Crippen LogP) is 3.54. The largest absolute Gasteiger partial charge is 0.493 e. The lowest BCUT2D eigenvalue weighted by atomic mass is 10.0. The second kappa shape index (κ2) is 8.12. The highest BCUT2D eigenvalue weighted by Gasteiger charge is 2.21. The van der Waals surface area contributed by atoms with E-state index in [0.717, 1.165) is 17.7 Å². The summed E-state index contributed by atoms with van der Waals surface area (Å²) < 4.78 is 11.5. The zero-order valence-electron chi connectivity index (χ0n) is 14.1. The van der Waals surface area contributed by atoms with Crippen molar-refractivity contribution in [3.63, 3.8) is 0 Å². The third kappa shape index (κ3) is 4.57. The van der Waals surface area contributed by atoms with Crippen LogP contribution in [0.15, 0.2) is 53.5 Å². The van der Waals surface area contributed by atoms with Gasteiger partial charge in [0.1, 0.15) is 17.6 Å². The molecule has 1 aliphatic rings. The summed E-state index contributed by atoms with van der Waals surface area (Å²) in [7, 11) is 0. The first kappa shape index (κ1) is 17.4. The Morgan fingerprint density at radius 3 is 2.92 bits per heavy atom. The second-order valence-electron chi connectivity index (χ2n) is 5.96. The van der Waals surface area contributed by atoms with Gasteiger partial charge in [-0.2, -0.15) is 0 Å². The Bertz CT molecular complexity index is 751. The fraction of sp³-hybridized carbons (Fsp3) is 0.316. The molecule has 132 valence electrons. The molecule has 6 heteroatoms. The van der Waals surface area contributed by atoms with Gasteiger partial charge in [-0.25, -0.2) is 4.99 Å². The highest BCUT2D eigenvalue weighted by atomic mass is 35.5. The predicted molar refractivity (Wildman–Crippen MR) is 100 cm³/mol. The average Bonchev–Trinajstić information content (AvgIpc) is 2.62. The van der Waals surface area contributed by atoms with Crippen LogP contribution in [-0.2, 0) is 0 Å². The molecule has 2 unspecified atom stereocenters. The highest BCUT2D eigenvalue weighted by Crippen LogP contribution is 2.31. The second-order valence-corrected chi connectivity index (χ2v) is 6.36. The Balaban J connectivity index is 1.57. The van der Waals surface area contributed by atoms with Crippen molar-refractivity contribution in [2.75, 3.05) is 13.2 Å². The smallest absolute Gasteiger partial charge is 0.189 e. The quantitative estimate of drug-likeness (QED) is 0.633. The number of nitrogens with two attached hydrogens (primary N) is 1. The summed E-state index contributed by atoms with van der Waals surface area (Å²) in [6, 6.07) is 15.5. The van der Waals surface area contributed by atoms with Gasteiger partial charge in [-0.1, -0.05) is 41.9 Å². The topological polar surface area (TPSA) is 68.9 Å². The summed E-state index contributed by atoms with van der Waals surface area (Å²) in [5.41, 5.74) is 7.15. The van der Waals surface area contributed by atoms with Gasteiger partial charge in [-0.3, -0.25) is 0 Å². The molecule has 0 fully saturated rings. The molecule has 2 aromatic carbocycles. The molecule has 0 saturated carbocycles. The maximum atomic E-state index is 6.10. The standard InChI is InChI=1S/C19H22ClN3O2/c1-13(25-18-9-5-3-7-15(18)20)12-22-19(21)23-16-10-11-24-17-8-4-2-6-14(16)17/h2-9,13,16H,10-12H2,1H3,(H3,21,22,23). The van der Waals surface area contributed by atoms with E-state index < -0.39 is 0 Å². The summed E-state index contributed by atoms with van der Waals surface area (Å²) in [6.07, 6.45) is 0.709. The number of ether oxygens (including phenoxy) is 2. The molecule has 0 saturated heterocycles. The monoisotopic (exact) mass is 359 g/mol. The van der Waals surface area contributed by atoms with Crippen molar-refractivity contribution in [3.8, 4) is 11.5 Å². The lowest BCUT2D eigenvalue weighted by Crippen LogP contribution is -2.38. The first-order chi connectivity index (χ1) is 12.1. The van der Waals surface area contributed by atoms with Crippen LogP contribution in [0, 0.1) is 0 Å². The third-order valence-electron chi connectivity index (χ3n) is 3.96. The van der Waals surface area contributed by atoms with Crippen molar-refractivity contribution < 1.29 is 9.47 Å². The van der Waals surface area contributed by atoms with Gasteiger partial charge in [0.2, 0.25) is 0 Å². The molecule has 2 aromatic rings. The molecule has 25 heavy (non-hydrogen) atoms. The van der Waals surface area contributed by atoms with E-state index in [1.54, 1.807) is 6.07 Å². The Hall–Kier alpha value is -2.40. The van der Waals surface area contributed by atoms with E-state index in [9.17, 15) is 0 Å². The van der Waals surface area contributed by atoms with E-state index in [4.69, 9.17) is 26.8 Å². The van der Waals surface area contributed by atoms with Crippen LogP contribution in [0.25, 0.3) is 0 Å². The van der Waals surface area contributed by atoms with E-state index in [-0.39, 0.29) is 12.1 Å². The molecule has 3 N–H and O–H groups in total. The molecule has 0 radical (unpaired) electrons. The molecule has 3 rings (SSSR count). The first-order valence-corrected chi connectivity index (χ1v) is 8.70. The van der Waals surface area contributed by atoms with E-state index in [1.165, 1.54) is 0 Å². The molecule has 0 aliphatic carbocycles. The minimum Gasteiger partial charge on any atom is -0.493 e. The number of benzene rings is 2. The summed E-state index contributed by atoms with van der Waals surface area (Å²) >= 11 is 6.10. The van der Waals surface area contributed by atoms with Crippen LogP contribution in [0.5, 0.6) is 11.5 Å². The number of hydrogen-bond donors (Lipinski definition) is 2. The van der Waals surface area contributed by atoms with E-state index in [2.05, 4.69) is 10.3 Å². The van der Waals surface area contributed by atoms with Crippen molar-refractivity contribution in [3.05, 3.63) is 59.1 Å². The van der Waals surface area contributed by atoms with Crippen molar-refractivity contribution in [2.24, 2.45) is 10.7 Å². The van der Waals surface area contributed by atoms with Crippen molar-refractivity contribution in [1.29, 1.82) is 0 Å². The molecule has 0 aromatic heterocycles. The molecule has 2 atom stereocenters. The van der Waals surface area contributed by atoms with Gasteiger partial charge in [-0.15, -0.1) is 0 Å². The number of rotatable bonds is 5. The minimum atomic E-state index is -0.137. The zero-order valence-corrected chi connectivity index (χ0v) is 14.9. The number of guanidine groups is 1. The molecule has 5 nitrogen and oxygen atoms in total. The fourth-order valence-electron chi connectivity index (χ4n) is 2.74. The number of nitrogens with one attached hydrogen (secondary N) is 1. The maximum absolute atomic E-state index is 6.10. The van der Waals surface area contributed by atoms with Crippen LogP contribution in [0.2, 0.25) is 5.02 Å². The fourth-order valence-corrected chi connectivity index (χ4v) is 2.92.